The Balaban J connectivity index is 2.00. The molecule has 0 aromatic heterocycles. The van der Waals surface area contributed by atoms with Crippen molar-refractivity contribution in [1.82, 2.24) is 5.32 Å². The average Bonchev–Trinajstić information content (AvgIpc) is 2.79. The van der Waals surface area contributed by atoms with Crippen molar-refractivity contribution in [2.24, 2.45) is 10.2 Å². The van der Waals surface area contributed by atoms with Gasteiger partial charge in [-0.2, -0.15) is 5.10 Å². The van der Waals surface area contributed by atoms with Gasteiger partial charge in [-0.05, 0) is 25.5 Å². The quantitative estimate of drug-likeness (QED) is 0.499. The molecular weight excluding hydrogens is 286 g/mol. The van der Waals surface area contributed by atoms with Crippen LogP contribution in [-0.4, -0.2) is 29.1 Å². The molecule has 1 atom stereocenters. The molecule has 1 aromatic rings. The highest BCUT2D eigenvalue weighted by atomic mass is 32.2. The van der Waals surface area contributed by atoms with Crippen LogP contribution in [0.3, 0.4) is 0 Å². The summed E-state index contributed by atoms with van der Waals surface area (Å²) in [6, 6.07) is 7.70. The molecule has 0 spiro atoms. The van der Waals surface area contributed by atoms with Crippen molar-refractivity contribution >= 4 is 29.1 Å². The lowest BCUT2D eigenvalue weighted by molar-refractivity contribution is -0.118. The average molecular weight is 305 g/mol. The summed E-state index contributed by atoms with van der Waals surface area (Å²) in [6.45, 7) is 4.66. The van der Waals surface area contributed by atoms with E-state index in [1.165, 1.54) is 11.8 Å². The number of para-hydroxylation sites is 1. The molecule has 21 heavy (non-hydrogen) atoms. The number of amides is 1. The molecule has 1 aliphatic rings. The van der Waals surface area contributed by atoms with Gasteiger partial charge in [0, 0.05) is 5.56 Å². The second-order valence-corrected chi connectivity index (χ2v) is 5.97. The van der Waals surface area contributed by atoms with Crippen LogP contribution in [0.5, 0.6) is 5.75 Å². The van der Waals surface area contributed by atoms with Crippen molar-refractivity contribution < 1.29 is 9.53 Å². The summed E-state index contributed by atoms with van der Waals surface area (Å²) in [4.78, 5) is 11.3. The van der Waals surface area contributed by atoms with Crippen LogP contribution in [0.4, 0.5) is 0 Å². The van der Waals surface area contributed by atoms with Gasteiger partial charge in [-0.25, -0.2) is 0 Å². The SMILES string of the molecule is CCCCOc1ccccc1C=N/N=C1/NC(=O)C(C)S1. The first-order chi connectivity index (χ1) is 10.2. The molecule has 1 unspecified atom stereocenters. The van der Waals surface area contributed by atoms with Crippen LogP contribution in [0.1, 0.15) is 32.3 Å². The van der Waals surface area contributed by atoms with Gasteiger partial charge in [-0.1, -0.05) is 37.2 Å². The fraction of sp³-hybridized carbons (Fsp3) is 0.400. The number of amidine groups is 1. The summed E-state index contributed by atoms with van der Waals surface area (Å²) in [5.41, 5.74) is 0.875. The molecular formula is C15H19N3O2S. The van der Waals surface area contributed by atoms with Gasteiger partial charge in [0.2, 0.25) is 5.91 Å². The van der Waals surface area contributed by atoms with E-state index in [4.69, 9.17) is 4.74 Å². The molecule has 0 aliphatic carbocycles. The standard InChI is InChI=1S/C15H19N3O2S/c1-3-4-9-20-13-8-6-5-7-12(13)10-16-18-15-17-14(19)11(2)21-15/h5-8,10-11H,3-4,9H2,1-2H3,(H,17,18,19). The van der Waals surface area contributed by atoms with Crippen molar-refractivity contribution in [3.8, 4) is 5.75 Å². The van der Waals surface area contributed by atoms with Crippen LogP contribution in [-0.2, 0) is 4.79 Å². The Morgan fingerprint density at radius 3 is 2.95 bits per heavy atom. The molecule has 5 nitrogen and oxygen atoms in total. The van der Waals surface area contributed by atoms with Crippen molar-refractivity contribution in [2.75, 3.05) is 6.61 Å². The Hall–Kier alpha value is -1.82. The number of rotatable bonds is 6. The number of benzene rings is 1. The molecule has 0 saturated carbocycles. The van der Waals surface area contributed by atoms with Crippen molar-refractivity contribution in [3.63, 3.8) is 0 Å². The molecule has 0 bridgehead atoms. The smallest absolute Gasteiger partial charge is 0.239 e. The summed E-state index contributed by atoms with van der Waals surface area (Å²) in [5.74, 6) is 0.767. The van der Waals surface area contributed by atoms with Crippen LogP contribution >= 0.6 is 11.8 Å². The monoisotopic (exact) mass is 305 g/mol. The minimum atomic E-state index is -0.108. The van der Waals surface area contributed by atoms with Crippen molar-refractivity contribution in [1.29, 1.82) is 0 Å². The largest absolute Gasteiger partial charge is 0.493 e. The van der Waals surface area contributed by atoms with Crippen LogP contribution in [0.15, 0.2) is 34.5 Å². The summed E-state index contributed by atoms with van der Waals surface area (Å²) in [7, 11) is 0. The number of hydrogen-bond acceptors (Lipinski definition) is 5. The van der Waals surface area contributed by atoms with E-state index in [-0.39, 0.29) is 11.2 Å². The first kappa shape index (κ1) is 15.6. The molecule has 6 heteroatoms. The molecule has 1 aliphatic heterocycles. The molecule has 1 fully saturated rings. The number of carbonyl (C=O) groups is 1. The van der Waals surface area contributed by atoms with Gasteiger partial charge in [0.15, 0.2) is 5.17 Å². The van der Waals surface area contributed by atoms with E-state index in [1.54, 1.807) is 6.21 Å². The second-order valence-electron chi connectivity index (χ2n) is 4.64. The first-order valence-corrected chi connectivity index (χ1v) is 7.89. The third-order valence-electron chi connectivity index (χ3n) is 2.91. The third-order valence-corrected chi connectivity index (χ3v) is 3.88. The lowest BCUT2D eigenvalue weighted by atomic mass is 10.2. The van der Waals surface area contributed by atoms with Gasteiger partial charge in [0.05, 0.1) is 18.1 Å². The Bertz CT molecular complexity index is 558. The fourth-order valence-corrected chi connectivity index (χ4v) is 2.45. The highest BCUT2D eigenvalue weighted by Crippen LogP contribution is 2.19. The number of hydrogen-bond donors (Lipinski definition) is 1. The van der Waals surface area contributed by atoms with Gasteiger partial charge < -0.3 is 10.1 Å². The Morgan fingerprint density at radius 2 is 2.24 bits per heavy atom. The number of ether oxygens (including phenoxy) is 1. The molecule has 1 aromatic carbocycles. The maximum atomic E-state index is 11.3. The van der Waals surface area contributed by atoms with E-state index in [2.05, 4.69) is 22.4 Å². The summed E-state index contributed by atoms with van der Waals surface area (Å²) in [6.07, 6.45) is 3.76. The summed E-state index contributed by atoms with van der Waals surface area (Å²) in [5, 5.41) is 11.2. The normalized spacial score (nSPS) is 20.2. The minimum absolute atomic E-state index is 0.0303. The van der Waals surface area contributed by atoms with Crippen LogP contribution in [0.25, 0.3) is 0 Å². The summed E-state index contributed by atoms with van der Waals surface area (Å²) < 4.78 is 5.72. The minimum Gasteiger partial charge on any atom is -0.493 e. The highest BCUT2D eigenvalue weighted by molar-refractivity contribution is 8.15. The zero-order chi connectivity index (χ0) is 15.1. The Labute approximate surface area is 128 Å². The van der Waals surface area contributed by atoms with E-state index < -0.39 is 0 Å². The zero-order valence-corrected chi connectivity index (χ0v) is 13.0. The molecule has 1 N–H and O–H groups in total. The van der Waals surface area contributed by atoms with Crippen LogP contribution < -0.4 is 10.1 Å². The van der Waals surface area contributed by atoms with E-state index in [9.17, 15) is 4.79 Å². The van der Waals surface area contributed by atoms with E-state index >= 15 is 0 Å². The first-order valence-electron chi connectivity index (χ1n) is 7.01. The third kappa shape index (κ3) is 4.60. The molecule has 0 radical (unpaired) electrons. The van der Waals surface area contributed by atoms with Crippen molar-refractivity contribution in [2.45, 2.75) is 31.9 Å². The predicted molar refractivity (Wildman–Crippen MR) is 87.1 cm³/mol. The zero-order valence-electron chi connectivity index (χ0n) is 12.2. The topological polar surface area (TPSA) is 63.1 Å². The number of unbranched alkanes of at least 4 members (excludes halogenated alkanes) is 1. The summed E-state index contributed by atoms with van der Waals surface area (Å²) >= 11 is 1.37. The molecule has 112 valence electrons. The second kappa shape index (κ2) is 7.83. The van der Waals surface area contributed by atoms with Gasteiger partial charge in [-0.3, -0.25) is 4.79 Å². The Morgan fingerprint density at radius 1 is 1.43 bits per heavy atom. The van der Waals surface area contributed by atoms with Crippen LogP contribution in [0.2, 0.25) is 0 Å². The van der Waals surface area contributed by atoms with Gasteiger partial charge in [0.1, 0.15) is 5.75 Å². The van der Waals surface area contributed by atoms with Gasteiger partial charge in [0.25, 0.3) is 0 Å². The van der Waals surface area contributed by atoms with E-state index in [0.29, 0.717) is 11.8 Å². The van der Waals surface area contributed by atoms with Gasteiger partial charge in [-0.15, -0.1) is 5.10 Å². The number of carbonyl (C=O) groups excluding carboxylic acids is 1. The highest BCUT2D eigenvalue weighted by Gasteiger charge is 2.25. The number of nitrogens with zero attached hydrogens (tertiary/aromatic N) is 2. The van der Waals surface area contributed by atoms with E-state index in [1.807, 2.05) is 31.2 Å². The van der Waals surface area contributed by atoms with Gasteiger partial charge >= 0.3 is 0 Å². The molecule has 1 heterocycles. The van der Waals surface area contributed by atoms with Crippen molar-refractivity contribution in [3.05, 3.63) is 29.8 Å². The molecule has 1 saturated heterocycles. The molecule has 2 rings (SSSR count). The lowest BCUT2D eigenvalue weighted by Gasteiger charge is -2.07. The number of nitrogens with one attached hydrogen (secondary N) is 1. The maximum Gasteiger partial charge on any atom is 0.239 e. The maximum absolute atomic E-state index is 11.3. The van der Waals surface area contributed by atoms with Crippen LogP contribution in [0, 0.1) is 0 Å². The fourth-order valence-electron chi connectivity index (χ4n) is 1.69. The lowest BCUT2D eigenvalue weighted by Crippen LogP contribution is -2.23. The van der Waals surface area contributed by atoms with E-state index in [0.717, 1.165) is 24.2 Å². The Kier molecular flexibility index (Phi) is 5.80. The number of thioether (sulfide) groups is 1. The predicted octanol–water partition coefficient (Wildman–Crippen LogP) is 2.81. The molecule has 1 amide bonds.